The number of methoxy groups -OCH3 is 1. The Kier molecular flexibility index (Phi) is 11.5. The second-order valence-electron chi connectivity index (χ2n) is 9.56. The molecule has 21 heteroatoms. The highest BCUT2D eigenvalue weighted by Gasteiger charge is 2.51. The van der Waals surface area contributed by atoms with Crippen molar-refractivity contribution < 1.29 is 87.6 Å². The monoisotopic (exact) mass is 640 g/mol. The number of carboxylic acid groups (broad SMARTS) is 1. The molecule has 0 aromatic heterocycles. The molecule has 0 aromatic carbocycles. The van der Waals surface area contributed by atoms with E-state index in [1.54, 1.807) is 6.92 Å². The number of aldehydes is 1. The van der Waals surface area contributed by atoms with Crippen molar-refractivity contribution in [1.82, 2.24) is 0 Å². The second kappa shape index (κ2) is 13.9. The summed E-state index contributed by atoms with van der Waals surface area (Å²) in [6.45, 7) is 0.143. The fraction of sp³-hybridized carbons (Fsp3) is 0.900. The van der Waals surface area contributed by atoms with Crippen LogP contribution in [-0.4, -0.2) is 141 Å². The molecule has 0 aromatic rings. The molecule has 19 nitrogen and oxygen atoms in total. The topological polar surface area (TPSA) is 277 Å². The SMILES string of the molecule is COC1CC(C)C(OC2CC(O)C(O[C@H]3[C@H](COS(=O)(=O)O)OC(C=O)[C@@H]3O)OC2C(=O)O)OC1COS(=O)(=O)O. The van der Waals surface area contributed by atoms with Crippen LogP contribution in [0.4, 0.5) is 0 Å². The van der Waals surface area contributed by atoms with Gasteiger partial charge in [-0.25, -0.2) is 13.2 Å². The van der Waals surface area contributed by atoms with Crippen LogP contribution < -0.4 is 0 Å². The predicted molar refractivity (Wildman–Crippen MR) is 126 cm³/mol. The molecular formula is C20H32O19S2. The lowest BCUT2D eigenvalue weighted by Gasteiger charge is -2.43. The van der Waals surface area contributed by atoms with Gasteiger partial charge in [-0.3, -0.25) is 9.11 Å². The fourth-order valence-corrected chi connectivity index (χ4v) is 5.27. The largest absolute Gasteiger partial charge is 0.479 e. The summed E-state index contributed by atoms with van der Waals surface area (Å²) in [5, 5.41) is 30.9. The molecule has 3 saturated heterocycles. The third kappa shape index (κ3) is 9.27. The van der Waals surface area contributed by atoms with E-state index < -0.39 is 120 Å². The molecule has 0 saturated carbocycles. The van der Waals surface area contributed by atoms with Crippen LogP contribution in [0.25, 0.3) is 0 Å². The number of hydrogen-bond acceptors (Lipinski definition) is 16. The number of carbonyl (C=O) groups is 2. The maximum atomic E-state index is 12.0. The van der Waals surface area contributed by atoms with E-state index in [9.17, 15) is 41.7 Å². The molecule has 3 heterocycles. The first-order chi connectivity index (χ1) is 19.0. The Morgan fingerprint density at radius 2 is 1.51 bits per heavy atom. The average Bonchev–Trinajstić information content (AvgIpc) is 3.17. The van der Waals surface area contributed by atoms with Crippen molar-refractivity contribution in [3.05, 3.63) is 0 Å². The molecule has 3 fully saturated rings. The fourth-order valence-electron chi connectivity index (χ4n) is 4.66. The van der Waals surface area contributed by atoms with E-state index in [-0.39, 0.29) is 12.7 Å². The van der Waals surface area contributed by atoms with Crippen LogP contribution in [0.15, 0.2) is 0 Å². The van der Waals surface area contributed by atoms with Gasteiger partial charge in [0.1, 0.15) is 42.7 Å². The number of aliphatic hydroxyl groups excluding tert-OH is 2. The summed E-state index contributed by atoms with van der Waals surface area (Å²) >= 11 is 0. The number of ether oxygens (including phenoxy) is 6. The van der Waals surface area contributed by atoms with E-state index in [0.29, 0.717) is 0 Å². The molecule has 3 rings (SSSR count). The minimum absolute atomic E-state index is 0.199. The standard InChI is InChI=1S/C20H32O19S2/c1-8-3-10(32-2)13(6-33-40(26,27)28)37-19(8)36-11-4-9(22)20(39-17(11)18(24)25)38-16-14(7-34-41(29,30)31)35-12(5-21)15(16)23/h5,8-17,19-20,22-23H,3-4,6-7H2,1-2H3,(H,24,25)(H,26,27,28)(H,29,30,31)/t8?,9?,10?,11?,12?,13?,14-,15-,16-,17?,19?,20?/m0/s1. The highest BCUT2D eigenvalue weighted by Crippen LogP contribution is 2.34. The Hall–Kier alpha value is -1.44. The Morgan fingerprint density at radius 3 is 2.05 bits per heavy atom. The quantitative estimate of drug-likeness (QED) is 0.0993. The summed E-state index contributed by atoms with van der Waals surface area (Å²) in [6, 6.07) is 0. The van der Waals surface area contributed by atoms with Gasteiger partial charge >= 0.3 is 26.8 Å². The first-order valence-electron chi connectivity index (χ1n) is 12.1. The van der Waals surface area contributed by atoms with Crippen LogP contribution in [0.5, 0.6) is 0 Å². The van der Waals surface area contributed by atoms with Gasteiger partial charge in [0, 0.05) is 19.4 Å². The molecule has 0 aliphatic carbocycles. The second-order valence-corrected chi connectivity index (χ2v) is 11.7. The van der Waals surface area contributed by atoms with Crippen LogP contribution >= 0.6 is 0 Å². The van der Waals surface area contributed by atoms with Gasteiger partial charge in [0.25, 0.3) is 0 Å². The van der Waals surface area contributed by atoms with Crippen LogP contribution in [-0.2, 0) is 67.2 Å². The Morgan fingerprint density at radius 1 is 0.902 bits per heavy atom. The van der Waals surface area contributed by atoms with Crippen LogP contribution in [0.3, 0.4) is 0 Å². The van der Waals surface area contributed by atoms with Gasteiger partial charge in [-0.15, -0.1) is 0 Å². The molecule has 3 aliphatic rings. The Labute approximate surface area is 234 Å². The molecule has 0 radical (unpaired) electrons. The summed E-state index contributed by atoms with van der Waals surface area (Å²) in [5.74, 6) is -1.97. The van der Waals surface area contributed by atoms with Gasteiger partial charge in [-0.1, -0.05) is 6.92 Å². The van der Waals surface area contributed by atoms with E-state index in [1.807, 2.05) is 0 Å². The number of aliphatic carboxylic acids is 1. The summed E-state index contributed by atoms with van der Waals surface area (Å²) in [7, 11) is -8.39. The Balaban J connectivity index is 1.70. The van der Waals surface area contributed by atoms with Gasteiger partial charge in [-0.2, -0.15) is 16.8 Å². The zero-order chi connectivity index (χ0) is 30.7. The number of hydrogen-bond donors (Lipinski definition) is 5. The molecule has 0 spiro atoms. The summed E-state index contributed by atoms with van der Waals surface area (Å²) in [6.07, 6.45) is -15.5. The maximum absolute atomic E-state index is 12.0. The van der Waals surface area contributed by atoms with E-state index >= 15 is 0 Å². The number of carboxylic acids is 1. The lowest BCUT2D eigenvalue weighted by molar-refractivity contribution is -0.324. The van der Waals surface area contributed by atoms with Crippen molar-refractivity contribution in [1.29, 1.82) is 0 Å². The molecule has 3 aliphatic heterocycles. The molecule has 5 N–H and O–H groups in total. The first kappa shape index (κ1) is 34.1. The lowest BCUT2D eigenvalue weighted by Crippen LogP contribution is -2.57. The summed E-state index contributed by atoms with van der Waals surface area (Å²) in [4.78, 5) is 23.3. The zero-order valence-electron chi connectivity index (χ0n) is 21.6. The van der Waals surface area contributed by atoms with Crippen molar-refractivity contribution >= 4 is 33.1 Å². The molecule has 0 bridgehead atoms. The van der Waals surface area contributed by atoms with Gasteiger partial charge in [0.2, 0.25) is 0 Å². The third-order valence-corrected chi connectivity index (χ3v) is 7.48. The predicted octanol–water partition coefficient (Wildman–Crippen LogP) is -2.95. The smallest absolute Gasteiger partial charge is 0.397 e. The molecule has 41 heavy (non-hydrogen) atoms. The van der Waals surface area contributed by atoms with Crippen molar-refractivity contribution in [2.75, 3.05) is 20.3 Å². The van der Waals surface area contributed by atoms with E-state index in [2.05, 4.69) is 8.37 Å². The third-order valence-electron chi connectivity index (χ3n) is 6.61. The molecule has 238 valence electrons. The highest BCUT2D eigenvalue weighted by molar-refractivity contribution is 7.81. The van der Waals surface area contributed by atoms with E-state index in [1.165, 1.54) is 7.11 Å². The van der Waals surface area contributed by atoms with Crippen molar-refractivity contribution in [3.63, 3.8) is 0 Å². The van der Waals surface area contributed by atoms with Gasteiger partial charge in [0.05, 0.1) is 19.3 Å². The number of rotatable bonds is 13. The summed E-state index contributed by atoms with van der Waals surface area (Å²) < 4.78 is 103. The minimum atomic E-state index is -4.94. The molecule has 9 unspecified atom stereocenters. The van der Waals surface area contributed by atoms with Crippen molar-refractivity contribution in [2.45, 2.75) is 87.3 Å². The molecular weight excluding hydrogens is 608 g/mol. The number of aliphatic hydroxyl groups is 2. The Bertz CT molecular complexity index is 1110. The van der Waals surface area contributed by atoms with Crippen LogP contribution in [0, 0.1) is 5.92 Å². The van der Waals surface area contributed by atoms with Gasteiger partial charge < -0.3 is 48.5 Å². The van der Waals surface area contributed by atoms with E-state index in [4.69, 9.17) is 37.5 Å². The average molecular weight is 641 g/mol. The van der Waals surface area contributed by atoms with E-state index in [0.717, 1.165) is 0 Å². The van der Waals surface area contributed by atoms with Gasteiger partial charge in [0.15, 0.2) is 25.0 Å². The zero-order valence-corrected chi connectivity index (χ0v) is 23.2. The minimum Gasteiger partial charge on any atom is -0.479 e. The highest BCUT2D eigenvalue weighted by atomic mass is 32.3. The van der Waals surface area contributed by atoms with Gasteiger partial charge in [-0.05, 0) is 6.42 Å². The molecule has 12 atom stereocenters. The normalized spacial score (nSPS) is 40.3. The lowest BCUT2D eigenvalue weighted by atomic mass is 9.95. The first-order valence-corrected chi connectivity index (χ1v) is 14.8. The van der Waals surface area contributed by atoms with Crippen molar-refractivity contribution in [3.8, 4) is 0 Å². The summed E-state index contributed by atoms with van der Waals surface area (Å²) in [5.41, 5.74) is 0. The number of carbonyl (C=O) groups excluding carboxylic acids is 1. The van der Waals surface area contributed by atoms with Crippen molar-refractivity contribution in [2.24, 2.45) is 5.92 Å². The maximum Gasteiger partial charge on any atom is 0.397 e. The molecule has 0 amide bonds. The van der Waals surface area contributed by atoms with Crippen LogP contribution in [0.2, 0.25) is 0 Å². The van der Waals surface area contributed by atoms with Crippen LogP contribution in [0.1, 0.15) is 19.8 Å².